The van der Waals surface area contributed by atoms with Gasteiger partial charge in [0.25, 0.3) is 0 Å². The van der Waals surface area contributed by atoms with Crippen LogP contribution in [-0.4, -0.2) is 60.8 Å². The van der Waals surface area contributed by atoms with Crippen molar-refractivity contribution in [3.63, 3.8) is 0 Å². The highest BCUT2D eigenvalue weighted by Crippen LogP contribution is 2.42. The minimum absolute atomic E-state index is 0.257. The number of benzene rings is 2. The summed E-state index contributed by atoms with van der Waals surface area (Å²) in [5.74, 6) is 1.71. The lowest BCUT2D eigenvalue weighted by atomic mass is 9.74. The average Bonchev–Trinajstić information content (AvgIpc) is 2.88. The fraction of sp³-hybridized carbons (Fsp3) is 0.393. The second-order valence-electron chi connectivity index (χ2n) is 9.80. The minimum Gasteiger partial charge on any atom is -0.448 e. The molecule has 3 aliphatic rings. The molecule has 7 heteroatoms. The Balaban J connectivity index is 1.24. The number of amides is 1. The maximum Gasteiger partial charge on any atom is 0.411 e. The molecule has 3 fully saturated rings. The van der Waals surface area contributed by atoms with Crippen molar-refractivity contribution in [1.82, 2.24) is 14.9 Å². The van der Waals surface area contributed by atoms with Gasteiger partial charge in [-0.2, -0.15) is 0 Å². The quantitative estimate of drug-likeness (QED) is 0.549. The lowest BCUT2D eigenvalue weighted by molar-refractivity contribution is -0.00151. The molecule has 6 rings (SSSR count). The van der Waals surface area contributed by atoms with E-state index in [1.54, 1.807) is 0 Å². The summed E-state index contributed by atoms with van der Waals surface area (Å²) in [6, 6.07) is 20.3. The second kappa shape index (κ2) is 10.0. The molecule has 1 amide bonds. The topological polar surface area (TPSA) is 70.6 Å². The smallest absolute Gasteiger partial charge is 0.411 e. The molecular weight excluding hydrogens is 438 g/mol. The number of para-hydroxylation sites is 1. The van der Waals surface area contributed by atoms with Gasteiger partial charge in [-0.1, -0.05) is 30.3 Å². The average molecular weight is 472 g/mol. The molecule has 35 heavy (non-hydrogen) atoms. The lowest BCUT2D eigenvalue weighted by Gasteiger charge is -2.49. The maximum absolute atomic E-state index is 12.2. The van der Waals surface area contributed by atoms with E-state index in [-0.39, 0.29) is 6.04 Å². The van der Waals surface area contributed by atoms with E-state index in [0.29, 0.717) is 18.4 Å². The molecule has 2 aromatic carbocycles. The van der Waals surface area contributed by atoms with Gasteiger partial charge >= 0.3 is 6.09 Å². The van der Waals surface area contributed by atoms with Gasteiger partial charge in [0.15, 0.2) is 0 Å². The number of fused-ring (bicyclic) bond motifs is 3. The Morgan fingerprint density at radius 2 is 1.89 bits per heavy atom. The Hall–Kier alpha value is -3.45. The normalized spacial score (nSPS) is 23.1. The Morgan fingerprint density at radius 1 is 1.11 bits per heavy atom. The number of nitrogens with one attached hydrogen (secondary N) is 1. The molecule has 1 unspecified atom stereocenters. The molecule has 0 saturated carbocycles. The number of piperidine rings is 3. The van der Waals surface area contributed by atoms with E-state index in [2.05, 4.69) is 45.4 Å². The van der Waals surface area contributed by atoms with Gasteiger partial charge in [-0.15, -0.1) is 0 Å². The molecule has 4 heterocycles. The Kier molecular flexibility index (Phi) is 6.68. The predicted molar refractivity (Wildman–Crippen MR) is 139 cm³/mol. The number of rotatable bonds is 6. The molecule has 1 aromatic heterocycles. The summed E-state index contributed by atoms with van der Waals surface area (Å²) >= 11 is 0. The Morgan fingerprint density at radius 3 is 2.57 bits per heavy atom. The van der Waals surface area contributed by atoms with Crippen molar-refractivity contribution >= 4 is 17.5 Å². The lowest BCUT2D eigenvalue weighted by Crippen LogP contribution is -2.54. The van der Waals surface area contributed by atoms with Crippen LogP contribution < -0.4 is 10.2 Å². The van der Waals surface area contributed by atoms with E-state index >= 15 is 0 Å². The van der Waals surface area contributed by atoms with Gasteiger partial charge in [-0.05, 0) is 62.6 Å². The second-order valence-corrected chi connectivity index (χ2v) is 9.80. The van der Waals surface area contributed by atoms with Crippen molar-refractivity contribution in [3.8, 4) is 11.3 Å². The zero-order valence-electron chi connectivity index (χ0n) is 20.6. The number of carbonyl (C=O) groups is 1. The number of hydrogen-bond donors (Lipinski definition) is 1. The maximum atomic E-state index is 12.2. The van der Waals surface area contributed by atoms with Gasteiger partial charge in [0.2, 0.25) is 0 Å². The van der Waals surface area contributed by atoms with Crippen molar-refractivity contribution in [2.75, 3.05) is 44.0 Å². The summed E-state index contributed by atoms with van der Waals surface area (Å²) in [5, 5.41) is 2.80. The number of nitrogens with zero attached hydrogens (tertiary/aromatic N) is 4. The third-order valence-corrected chi connectivity index (χ3v) is 7.22. The van der Waals surface area contributed by atoms with Crippen LogP contribution in [0.25, 0.3) is 11.3 Å². The van der Waals surface area contributed by atoms with E-state index in [0.717, 1.165) is 54.4 Å². The third kappa shape index (κ3) is 5.30. The molecule has 3 aromatic rings. The number of aromatic nitrogens is 2. The Labute approximate surface area is 207 Å². The van der Waals surface area contributed by atoms with Gasteiger partial charge in [-0.3, -0.25) is 10.2 Å². The summed E-state index contributed by atoms with van der Waals surface area (Å²) in [6.07, 6.45) is 1.76. The van der Waals surface area contributed by atoms with Crippen molar-refractivity contribution in [3.05, 3.63) is 72.2 Å². The number of aryl methyl sites for hydroxylation is 1. The fourth-order valence-electron chi connectivity index (χ4n) is 5.35. The van der Waals surface area contributed by atoms with Gasteiger partial charge in [0.05, 0.1) is 5.69 Å². The zero-order chi connectivity index (χ0) is 24.4. The summed E-state index contributed by atoms with van der Waals surface area (Å²) in [7, 11) is 4.09. The molecule has 0 aliphatic carbocycles. The molecule has 0 spiro atoms. The van der Waals surface area contributed by atoms with E-state index in [1.807, 2.05) is 51.4 Å². The Bertz CT molecular complexity index is 1170. The largest absolute Gasteiger partial charge is 0.448 e. The van der Waals surface area contributed by atoms with Crippen molar-refractivity contribution in [1.29, 1.82) is 0 Å². The van der Waals surface area contributed by atoms with E-state index in [1.165, 1.54) is 5.69 Å². The summed E-state index contributed by atoms with van der Waals surface area (Å²) in [4.78, 5) is 26.4. The standard InChI is InChI=1S/C28H33N5O2/c1-19-29-26(20-9-11-23(12-10-20)32(2)3)16-27(30-19)25-17-33-14-13-21(25)15-24(33)18-35-28(34)31-22-7-5-4-6-8-22/h4-12,16,21,24-25H,13-15,17-18H2,1-3H3,(H,31,34)/t21-,24+,25+/m0/s1. The molecule has 3 saturated heterocycles. The highest BCUT2D eigenvalue weighted by Gasteiger charge is 2.42. The minimum atomic E-state index is -0.397. The van der Waals surface area contributed by atoms with Gasteiger partial charge < -0.3 is 9.64 Å². The van der Waals surface area contributed by atoms with Gasteiger partial charge in [0.1, 0.15) is 12.4 Å². The number of ether oxygens (including phenoxy) is 1. The molecule has 2 bridgehead atoms. The molecule has 3 aliphatic heterocycles. The molecule has 0 radical (unpaired) electrons. The van der Waals surface area contributed by atoms with Gasteiger partial charge in [-0.25, -0.2) is 14.8 Å². The molecule has 7 nitrogen and oxygen atoms in total. The highest BCUT2D eigenvalue weighted by molar-refractivity contribution is 5.84. The van der Waals surface area contributed by atoms with Gasteiger partial charge in [0, 0.05) is 55.2 Å². The van der Waals surface area contributed by atoms with E-state index < -0.39 is 6.09 Å². The van der Waals surface area contributed by atoms with Crippen LogP contribution in [0.2, 0.25) is 0 Å². The number of anilines is 2. The predicted octanol–water partition coefficient (Wildman–Crippen LogP) is 4.94. The van der Waals surface area contributed by atoms with Crippen LogP contribution in [-0.2, 0) is 4.74 Å². The zero-order valence-corrected chi connectivity index (χ0v) is 20.6. The van der Waals surface area contributed by atoms with Crippen LogP contribution in [0, 0.1) is 12.8 Å². The van der Waals surface area contributed by atoms with Crippen LogP contribution in [0.15, 0.2) is 60.7 Å². The van der Waals surface area contributed by atoms with Crippen LogP contribution in [0.4, 0.5) is 16.2 Å². The molecule has 1 N–H and O–H groups in total. The number of carbonyl (C=O) groups excluding carboxylic acids is 1. The van der Waals surface area contributed by atoms with Crippen molar-refractivity contribution < 1.29 is 9.53 Å². The van der Waals surface area contributed by atoms with Crippen LogP contribution >= 0.6 is 0 Å². The van der Waals surface area contributed by atoms with Crippen LogP contribution in [0.3, 0.4) is 0 Å². The van der Waals surface area contributed by atoms with Crippen molar-refractivity contribution in [2.45, 2.75) is 31.7 Å². The van der Waals surface area contributed by atoms with Crippen LogP contribution in [0.1, 0.15) is 30.3 Å². The molecule has 4 atom stereocenters. The molecular formula is C28H33N5O2. The summed E-state index contributed by atoms with van der Waals surface area (Å²) < 4.78 is 5.58. The first-order valence-electron chi connectivity index (χ1n) is 12.3. The summed E-state index contributed by atoms with van der Waals surface area (Å²) in [5.41, 5.74) is 5.13. The monoisotopic (exact) mass is 471 g/mol. The van der Waals surface area contributed by atoms with Crippen LogP contribution in [0.5, 0.6) is 0 Å². The first kappa shape index (κ1) is 23.3. The highest BCUT2D eigenvalue weighted by atomic mass is 16.5. The summed E-state index contributed by atoms with van der Waals surface area (Å²) in [6.45, 7) is 4.37. The third-order valence-electron chi connectivity index (χ3n) is 7.22. The van der Waals surface area contributed by atoms with E-state index in [9.17, 15) is 4.79 Å². The number of hydrogen-bond acceptors (Lipinski definition) is 6. The van der Waals surface area contributed by atoms with Crippen molar-refractivity contribution in [2.24, 2.45) is 5.92 Å². The SMILES string of the molecule is Cc1nc(-c2ccc(N(C)C)cc2)cc([C@@H]2CN3CC[C@H]2C[C@@H]3COC(=O)Nc2ccccc2)n1. The molecule has 182 valence electrons. The first-order valence-corrected chi connectivity index (χ1v) is 12.3. The van der Waals surface area contributed by atoms with E-state index in [4.69, 9.17) is 14.7 Å². The first-order chi connectivity index (χ1) is 17.0. The fourth-order valence-corrected chi connectivity index (χ4v) is 5.35.